The number of aromatic nitrogens is 3. The number of nitrogens with two attached hydrogens (primary N) is 1. The number of methoxy groups -OCH3 is 1. The summed E-state index contributed by atoms with van der Waals surface area (Å²) in [6.45, 7) is 4.38. The second-order valence-electron chi connectivity index (χ2n) is 8.14. The van der Waals surface area contributed by atoms with Crippen molar-refractivity contribution in [1.29, 1.82) is 0 Å². The first kappa shape index (κ1) is 26.6. The van der Waals surface area contributed by atoms with Gasteiger partial charge in [-0.3, -0.25) is 9.32 Å². The number of nitrogens with zero attached hydrogens (tertiary/aromatic N) is 3. The molecule has 0 radical (unpaired) electrons. The summed E-state index contributed by atoms with van der Waals surface area (Å²) in [6.07, 6.45) is 0. The highest BCUT2D eigenvalue weighted by molar-refractivity contribution is 7.52. The minimum atomic E-state index is -3.99. The van der Waals surface area contributed by atoms with Gasteiger partial charge in [-0.1, -0.05) is 36.4 Å². The van der Waals surface area contributed by atoms with Crippen LogP contribution in [-0.2, 0) is 36.5 Å². The fourth-order valence-electron chi connectivity index (χ4n) is 3.88. The first-order valence-corrected chi connectivity index (χ1v) is 13.4. The quantitative estimate of drug-likeness (QED) is 0.205. The zero-order chi connectivity index (χ0) is 26.4. The van der Waals surface area contributed by atoms with Crippen molar-refractivity contribution in [2.75, 3.05) is 26.1 Å². The van der Waals surface area contributed by atoms with Crippen LogP contribution in [0.2, 0.25) is 0 Å². The fraction of sp³-hybridized carbons (Fsp3) is 0.320. The molecule has 37 heavy (non-hydrogen) atoms. The van der Waals surface area contributed by atoms with Gasteiger partial charge in [-0.25, -0.2) is 14.5 Å². The SMILES string of the molecule is CCOCc1nc2c(N)nc3ccccc3c2n1CCO[P@](=O)(N[C@@H](C)C(=O)OC)Oc1ccccc1. The van der Waals surface area contributed by atoms with Crippen LogP contribution in [0.25, 0.3) is 21.9 Å². The Morgan fingerprint density at radius 3 is 2.59 bits per heavy atom. The molecule has 0 bridgehead atoms. The normalized spacial score (nSPS) is 13.9. The van der Waals surface area contributed by atoms with Crippen LogP contribution in [-0.4, -0.2) is 46.9 Å². The molecule has 2 aromatic heterocycles. The lowest BCUT2D eigenvalue weighted by atomic mass is 10.2. The van der Waals surface area contributed by atoms with Crippen molar-refractivity contribution in [2.24, 2.45) is 0 Å². The Morgan fingerprint density at radius 1 is 1.14 bits per heavy atom. The number of fused-ring (bicyclic) bond motifs is 3. The van der Waals surface area contributed by atoms with Crippen LogP contribution in [0.5, 0.6) is 5.75 Å². The molecule has 0 fully saturated rings. The number of nitrogens with one attached hydrogen (secondary N) is 1. The van der Waals surface area contributed by atoms with Crippen LogP contribution in [0.4, 0.5) is 5.82 Å². The third-order valence-electron chi connectivity index (χ3n) is 5.58. The van der Waals surface area contributed by atoms with Crippen LogP contribution in [0.3, 0.4) is 0 Å². The zero-order valence-corrected chi connectivity index (χ0v) is 21.8. The van der Waals surface area contributed by atoms with E-state index in [4.69, 9.17) is 24.3 Å². The highest BCUT2D eigenvalue weighted by atomic mass is 31.2. The first-order chi connectivity index (χ1) is 17.8. The number of benzene rings is 2. The monoisotopic (exact) mass is 527 g/mol. The van der Waals surface area contributed by atoms with E-state index in [-0.39, 0.29) is 19.8 Å². The lowest BCUT2D eigenvalue weighted by Crippen LogP contribution is -2.34. The van der Waals surface area contributed by atoms with Crippen LogP contribution in [0.15, 0.2) is 54.6 Å². The van der Waals surface area contributed by atoms with Crippen molar-refractivity contribution in [1.82, 2.24) is 19.6 Å². The Balaban J connectivity index is 1.65. The largest absolute Gasteiger partial charge is 0.468 e. The molecular formula is C25H30N5O6P. The topological polar surface area (TPSA) is 140 Å². The number of para-hydroxylation sites is 2. The number of carbonyl (C=O) groups excluding carboxylic acids is 1. The standard InChI is InChI=1S/C25H30N5O6P/c1-4-34-16-21-28-22-23(19-12-8-9-13-20(19)27-24(22)26)30(21)14-15-35-37(32,29-17(2)25(31)33-3)36-18-10-6-5-7-11-18/h5-13,17H,4,14-16H2,1-3H3,(H2,26,27)(H,29,32)/t17-,37+/m0/s1. The fourth-order valence-corrected chi connectivity index (χ4v) is 5.36. The molecule has 0 aliphatic heterocycles. The van der Waals surface area contributed by atoms with Crippen molar-refractivity contribution < 1.29 is 27.9 Å². The van der Waals surface area contributed by atoms with Gasteiger partial charge in [-0.15, -0.1) is 0 Å². The van der Waals surface area contributed by atoms with E-state index in [0.29, 0.717) is 29.5 Å². The maximum absolute atomic E-state index is 13.7. The summed E-state index contributed by atoms with van der Waals surface area (Å²) >= 11 is 0. The number of esters is 1. The van der Waals surface area contributed by atoms with E-state index in [1.54, 1.807) is 30.3 Å². The number of imidazole rings is 1. The van der Waals surface area contributed by atoms with E-state index >= 15 is 0 Å². The Bertz CT molecular complexity index is 1430. The average Bonchev–Trinajstić information content (AvgIpc) is 3.26. The Kier molecular flexibility index (Phi) is 8.40. The molecule has 196 valence electrons. The number of rotatable bonds is 12. The van der Waals surface area contributed by atoms with E-state index in [9.17, 15) is 9.36 Å². The summed E-state index contributed by atoms with van der Waals surface area (Å²) in [5.74, 6) is 0.651. The van der Waals surface area contributed by atoms with Gasteiger partial charge >= 0.3 is 13.7 Å². The molecule has 0 saturated carbocycles. The van der Waals surface area contributed by atoms with Crippen molar-refractivity contribution in [3.05, 3.63) is 60.4 Å². The third kappa shape index (κ3) is 6.08. The van der Waals surface area contributed by atoms with Crippen LogP contribution in [0, 0.1) is 0 Å². The van der Waals surface area contributed by atoms with E-state index in [1.165, 1.54) is 14.0 Å². The maximum Gasteiger partial charge on any atom is 0.459 e. The molecule has 0 aliphatic rings. The van der Waals surface area contributed by atoms with E-state index < -0.39 is 19.8 Å². The first-order valence-electron chi connectivity index (χ1n) is 11.8. The molecule has 4 aromatic rings. The number of carbonyl (C=O) groups is 1. The van der Waals surface area contributed by atoms with Crippen molar-refractivity contribution >= 4 is 41.5 Å². The molecule has 11 nitrogen and oxygen atoms in total. The highest BCUT2D eigenvalue weighted by Crippen LogP contribution is 2.45. The van der Waals surface area contributed by atoms with Gasteiger partial charge in [0.05, 0.1) is 24.8 Å². The summed E-state index contributed by atoms with van der Waals surface area (Å²) in [6, 6.07) is 15.3. The Labute approximate surface area is 214 Å². The smallest absolute Gasteiger partial charge is 0.459 e. The number of anilines is 1. The second-order valence-corrected chi connectivity index (χ2v) is 9.83. The minimum Gasteiger partial charge on any atom is -0.468 e. The third-order valence-corrected chi connectivity index (χ3v) is 7.25. The van der Waals surface area contributed by atoms with Crippen LogP contribution < -0.4 is 15.3 Å². The molecule has 0 saturated heterocycles. The van der Waals surface area contributed by atoms with Crippen molar-refractivity contribution in [3.63, 3.8) is 0 Å². The lowest BCUT2D eigenvalue weighted by molar-refractivity contribution is -0.142. The number of pyridine rings is 1. The van der Waals surface area contributed by atoms with Gasteiger partial charge in [0.15, 0.2) is 5.82 Å². The molecule has 2 heterocycles. The zero-order valence-electron chi connectivity index (χ0n) is 20.9. The van der Waals surface area contributed by atoms with Gasteiger partial charge in [0.2, 0.25) is 0 Å². The Morgan fingerprint density at radius 2 is 1.86 bits per heavy atom. The summed E-state index contributed by atoms with van der Waals surface area (Å²) in [7, 11) is -2.74. The molecule has 0 spiro atoms. The molecule has 3 N–H and O–H groups in total. The molecular weight excluding hydrogens is 497 g/mol. The van der Waals surface area contributed by atoms with Gasteiger partial charge in [-0.05, 0) is 32.0 Å². The molecule has 0 amide bonds. The number of nitrogen functional groups attached to an aromatic ring is 1. The summed E-state index contributed by atoms with van der Waals surface area (Å²) < 4.78 is 37.5. The van der Waals surface area contributed by atoms with Gasteiger partial charge in [-0.2, -0.15) is 5.09 Å². The summed E-state index contributed by atoms with van der Waals surface area (Å²) in [5.41, 5.74) is 8.29. The Hall–Kier alpha value is -3.50. The van der Waals surface area contributed by atoms with Gasteiger partial charge in [0.1, 0.15) is 29.7 Å². The second kappa shape index (κ2) is 11.7. The number of hydrogen-bond donors (Lipinski definition) is 2. The summed E-state index contributed by atoms with van der Waals surface area (Å²) in [5, 5.41) is 3.52. The van der Waals surface area contributed by atoms with Gasteiger partial charge < -0.3 is 24.3 Å². The van der Waals surface area contributed by atoms with Gasteiger partial charge in [0, 0.05) is 18.5 Å². The van der Waals surface area contributed by atoms with Crippen LogP contribution >= 0.6 is 7.75 Å². The molecule has 4 rings (SSSR count). The predicted octanol–water partition coefficient (Wildman–Crippen LogP) is 4.06. The minimum absolute atomic E-state index is 0.0356. The number of ether oxygens (including phenoxy) is 2. The lowest BCUT2D eigenvalue weighted by Gasteiger charge is -2.23. The van der Waals surface area contributed by atoms with Crippen molar-refractivity contribution in [2.45, 2.75) is 33.0 Å². The number of hydrogen-bond acceptors (Lipinski definition) is 9. The van der Waals surface area contributed by atoms with Crippen molar-refractivity contribution in [3.8, 4) is 5.75 Å². The molecule has 2 aromatic carbocycles. The van der Waals surface area contributed by atoms with E-state index in [0.717, 1.165) is 16.4 Å². The molecule has 0 unspecified atom stereocenters. The average molecular weight is 528 g/mol. The van der Waals surface area contributed by atoms with E-state index in [2.05, 4.69) is 15.1 Å². The maximum atomic E-state index is 13.7. The highest BCUT2D eigenvalue weighted by Gasteiger charge is 2.32. The van der Waals surface area contributed by atoms with E-state index in [1.807, 2.05) is 35.8 Å². The molecule has 12 heteroatoms. The predicted molar refractivity (Wildman–Crippen MR) is 140 cm³/mol. The molecule has 0 aliphatic carbocycles. The summed E-state index contributed by atoms with van der Waals surface area (Å²) in [4.78, 5) is 21.1. The molecule has 2 atom stereocenters. The van der Waals surface area contributed by atoms with Crippen LogP contribution in [0.1, 0.15) is 19.7 Å². The van der Waals surface area contributed by atoms with Gasteiger partial charge in [0.25, 0.3) is 0 Å².